The third-order valence-electron chi connectivity index (χ3n) is 5.59. The maximum absolute atomic E-state index is 14.2. The van der Waals surface area contributed by atoms with Gasteiger partial charge in [-0.05, 0) is 41.7 Å². The Bertz CT molecular complexity index is 1230. The lowest BCUT2D eigenvalue weighted by Gasteiger charge is -2.12. The van der Waals surface area contributed by atoms with E-state index >= 15 is 0 Å². The van der Waals surface area contributed by atoms with E-state index in [9.17, 15) is 8.78 Å². The zero-order chi connectivity index (χ0) is 20.1. The molecule has 2 aromatic carbocycles. The van der Waals surface area contributed by atoms with Crippen LogP contribution in [0, 0.1) is 11.6 Å². The number of benzene rings is 2. The Labute approximate surface area is 165 Å². The van der Waals surface area contributed by atoms with Gasteiger partial charge in [0.1, 0.15) is 17.8 Å². The second-order valence-electron chi connectivity index (χ2n) is 7.21. The zero-order valence-corrected chi connectivity index (χ0v) is 15.7. The van der Waals surface area contributed by atoms with Crippen LogP contribution < -0.4 is 10.5 Å². The number of anilines is 1. The Balaban J connectivity index is 1.70. The first-order valence-corrected chi connectivity index (χ1v) is 9.28. The van der Waals surface area contributed by atoms with Gasteiger partial charge in [-0.25, -0.2) is 14.4 Å². The summed E-state index contributed by atoms with van der Waals surface area (Å²) in [5.41, 5.74) is 10.6. The molecule has 0 saturated heterocycles. The van der Waals surface area contributed by atoms with E-state index in [4.69, 9.17) is 10.5 Å². The van der Waals surface area contributed by atoms with E-state index in [-0.39, 0.29) is 11.8 Å². The van der Waals surface area contributed by atoms with Crippen molar-refractivity contribution in [3.05, 3.63) is 71.7 Å². The molecule has 0 bridgehead atoms. The summed E-state index contributed by atoms with van der Waals surface area (Å²) >= 11 is 0. The molecule has 1 aliphatic rings. The second-order valence-corrected chi connectivity index (χ2v) is 7.21. The van der Waals surface area contributed by atoms with Crippen molar-refractivity contribution in [3.8, 4) is 16.9 Å². The van der Waals surface area contributed by atoms with Crippen LogP contribution in [0.2, 0.25) is 0 Å². The number of halogens is 2. The van der Waals surface area contributed by atoms with Crippen LogP contribution in [0.4, 0.5) is 14.6 Å². The largest absolute Gasteiger partial charge is 0.494 e. The number of nitrogens with zero attached hydrogens (tertiary/aromatic N) is 3. The summed E-state index contributed by atoms with van der Waals surface area (Å²) in [5.74, 6) is -1.87. The van der Waals surface area contributed by atoms with Crippen molar-refractivity contribution in [2.24, 2.45) is 0 Å². The molecule has 0 aliphatic heterocycles. The van der Waals surface area contributed by atoms with Gasteiger partial charge in [-0.2, -0.15) is 4.39 Å². The molecule has 5 rings (SSSR count). The van der Waals surface area contributed by atoms with E-state index in [1.54, 1.807) is 0 Å². The Morgan fingerprint density at radius 1 is 1.10 bits per heavy atom. The average molecular weight is 392 g/mol. The first kappa shape index (κ1) is 17.6. The molecule has 5 nitrogen and oxygen atoms in total. The predicted octanol–water partition coefficient (Wildman–Crippen LogP) is 4.31. The van der Waals surface area contributed by atoms with E-state index in [1.165, 1.54) is 30.6 Å². The van der Waals surface area contributed by atoms with Crippen LogP contribution in [0.1, 0.15) is 17.2 Å². The molecule has 0 radical (unpaired) electrons. The Hall–Kier alpha value is -3.48. The Morgan fingerprint density at radius 2 is 1.83 bits per heavy atom. The topological polar surface area (TPSA) is 66.0 Å². The van der Waals surface area contributed by atoms with Crippen LogP contribution >= 0.6 is 0 Å². The molecule has 0 spiro atoms. The molecule has 0 amide bonds. The number of fused-ring (bicyclic) bond motifs is 2. The van der Waals surface area contributed by atoms with Gasteiger partial charge in [0.25, 0.3) is 0 Å². The fourth-order valence-corrected chi connectivity index (χ4v) is 4.21. The summed E-state index contributed by atoms with van der Waals surface area (Å²) in [6, 6.07) is 11.1. The molecule has 1 aliphatic carbocycles. The van der Waals surface area contributed by atoms with Crippen molar-refractivity contribution in [2.45, 2.75) is 18.9 Å². The minimum atomic E-state index is -1.02. The summed E-state index contributed by atoms with van der Waals surface area (Å²) in [5, 5.41) is 0.622. The van der Waals surface area contributed by atoms with Crippen molar-refractivity contribution in [3.63, 3.8) is 0 Å². The van der Waals surface area contributed by atoms with Crippen LogP contribution in [0.25, 0.3) is 22.2 Å². The number of rotatable bonds is 3. The number of hydrogen-bond acceptors (Lipinski definition) is 4. The Morgan fingerprint density at radius 3 is 2.52 bits per heavy atom. The minimum Gasteiger partial charge on any atom is -0.494 e. The van der Waals surface area contributed by atoms with Crippen LogP contribution in [0.15, 0.2) is 48.9 Å². The molecule has 0 saturated carbocycles. The van der Waals surface area contributed by atoms with Gasteiger partial charge in [0.2, 0.25) is 5.82 Å². The number of nitrogen functional groups attached to an aromatic ring is 1. The third-order valence-corrected chi connectivity index (χ3v) is 5.59. The van der Waals surface area contributed by atoms with Gasteiger partial charge in [0.05, 0.1) is 12.5 Å². The van der Waals surface area contributed by atoms with Gasteiger partial charge in [-0.3, -0.25) is 0 Å². The van der Waals surface area contributed by atoms with Crippen LogP contribution in [-0.4, -0.2) is 21.6 Å². The number of hydrogen-bond donors (Lipinski definition) is 1. The van der Waals surface area contributed by atoms with Gasteiger partial charge in [0.15, 0.2) is 11.6 Å². The highest BCUT2D eigenvalue weighted by molar-refractivity contribution is 6.00. The monoisotopic (exact) mass is 392 g/mol. The third kappa shape index (κ3) is 2.73. The number of methoxy groups -OCH3 is 1. The summed E-state index contributed by atoms with van der Waals surface area (Å²) in [7, 11) is 1.30. The first-order valence-electron chi connectivity index (χ1n) is 9.28. The summed E-state index contributed by atoms with van der Waals surface area (Å²) in [6.07, 6.45) is 5.05. The summed E-state index contributed by atoms with van der Waals surface area (Å²) in [4.78, 5) is 8.56. The minimum absolute atomic E-state index is 0.158. The molecule has 29 heavy (non-hydrogen) atoms. The number of nitrogens with two attached hydrogens (primary N) is 1. The van der Waals surface area contributed by atoms with Crippen molar-refractivity contribution in [1.29, 1.82) is 0 Å². The SMILES string of the molecule is COc1cc(-c2cn(C3Cc4ccccc4C3)c3ncnc(N)c23)cc(F)c1F. The molecular weight excluding hydrogens is 374 g/mol. The van der Waals surface area contributed by atoms with E-state index in [0.29, 0.717) is 28.0 Å². The van der Waals surface area contributed by atoms with Gasteiger partial charge in [-0.15, -0.1) is 0 Å². The average Bonchev–Trinajstić information content (AvgIpc) is 3.32. The molecule has 0 atom stereocenters. The molecular formula is C22H18F2N4O. The van der Waals surface area contributed by atoms with Crippen LogP contribution in [0.5, 0.6) is 5.75 Å². The highest BCUT2D eigenvalue weighted by Crippen LogP contribution is 2.39. The van der Waals surface area contributed by atoms with E-state index in [0.717, 1.165) is 18.9 Å². The quantitative estimate of drug-likeness (QED) is 0.564. The van der Waals surface area contributed by atoms with Gasteiger partial charge in [-0.1, -0.05) is 24.3 Å². The number of aromatic nitrogens is 3. The maximum atomic E-state index is 14.2. The van der Waals surface area contributed by atoms with Crippen molar-refractivity contribution >= 4 is 16.9 Å². The Kier molecular flexibility index (Phi) is 3.97. The molecule has 146 valence electrons. The van der Waals surface area contributed by atoms with E-state index in [2.05, 4.69) is 26.7 Å². The lowest BCUT2D eigenvalue weighted by Crippen LogP contribution is -2.08. The van der Waals surface area contributed by atoms with Crippen LogP contribution in [-0.2, 0) is 12.8 Å². The molecule has 7 heteroatoms. The van der Waals surface area contributed by atoms with Crippen molar-refractivity contribution in [2.75, 3.05) is 12.8 Å². The standard InChI is InChI=1S/C22H18F2N4O/c1-29-18-9-14(8-17(23)20(18)24)16-10-28(22-19(16)21(25)26-11-27-22)15-6-12-4-2-3-5-13(12)7-15/h2-5,8-11,15H,6-7H2,1H3,(H2,25,26,27). The highest BCUT2D eigenvalue weighted by atomic mass is 19.2. The van der Waals surface area contributed by atoms with Gasteiger partial charge in [0, 0.05) is 17.8 Å². The number of ether oxygens (including phenoxy) is 1. The highest BCUT2D eigenvalue weighted by Gasteiger charge is 2.26. The first-order chi connectivity index (χ1) is 14.1. The molecule has 0 unspecified atom stereocenters. The second kappa shape index (κ2) is 6.55. The normalized spacial score (nSPS) is 13.8. The van der Waals surface area contributed by atoms with E-state index < -0.39 is 11.6 Å². The fraction of sp³-hybridized carbons (Fsp3) is 0.182. The van der Waals surface area contributed by atoms with Crippen molar-refractivity contribution in [1.82, 2.24) is 14.5 Å². The zero-order valence-electron chi connectivity index (χ0n) is 15.7. The maximum Gasteiger partial charge on any atom is 0.200 e. The van der Waals surface area contributed by atoms with Crippen molar-refractivity contribution < 1.29 is 13.5 Å². The van der Waals surface area contributed by atoms with E-state index in [1.807, 2.05) is 18.3 Å². The predicted molar refractivity (Wildman–Crippen MR) is 107 cm³/mol. The summed E-state index contributed by atoms with van der Waals surface area (Å²) in [6.45, 7) is 0. The molecule has 2 N–H and O–H groups in total. The molecule has 0 fully saturated rings. The lowest BCUT2D eigenvalue weighted by molar-refractivity contribution is 0.372. The fourth-order valence-electron chi connectivity index (χ4n) is 4.21. The van der Waals surface area contributed by atoms with Gasteiger partial charge >= 0.3 is 0 Å². The van der Waals surface area contributed by atoms with Gasteiger partial charge < -0.3 is 15.0 Å². The summed E-state index contributed by atoms with van der Waals surface area (Å²) < 4.78 is 35.2. The lowest BCUT2D eigenvalue weighted by atomic mass is 10.1. The molecule has 2 heterocycles. The van der Waals surface area contributed by atoms with Crippen LogP contribution in [0.3, 0.4) is 0 Å². The molecule has 2 aromatic heterocycles. The smallest absolute Gasteiger partial charge is 0.200 e. The molecule has 4 aromatic rings.